The average molecular weight is 242 g/mol. The molecule has 90 valence electrons. The number of fused-ring (bicyclic) bond motifs is 2. The Morgan fingerprint density at radius 1 is 1.17 bits per heavy atom. The van der Waals surface area contributed by atoms with Crippen molar-refractivity contribution in [3.8, 4) is 0 Å². The first-order valence-corrected chi connectivity index (χ1v) is 5.37. The first kappa shape index (κ1) is 10.6. The predicted octanol–water partition coefficient (Wildman–Crippen LogP) is 0.572. The minimum atomic E-state index is -0.234. The highest BCUT2D eigenvalue weighted by atomic mass is 16.1. The van der Waals surface area contributed by atoms with Crippen molar-refractivity contribution < 1.29 is 9.59 Å². The van der Waals surface area contributed by atoms with E-state index in [0.717, 1.165) is 0 Å². The van der Waals surface area contributed by atoms with Gasteiger partial charge in [-0.3, -0.25) is 19.0 Å². The van der Waals surface area contributed by atoms with Crippen LogP contribution in [-0.2, 0) is 14.1 Å². The SMILES string of the molecule is C=Cc1nn(C)c2c1C(=O)c1c(cnn1C)C2=O. The molecular weight excluding hydrogens is 232 g/mol. The van der Waals surface area contributed by atoms with E-state index >= 15 is 0 Å². The van der Waals surface area contributed by atoms with E-state index in [4.69, 9.17) is 0 Å². The molecule has 1 aliphatic rings. The number of carbonyl (C=O) groups is 2. The summed E-state index contributed by atoms with van der Waals surface area (Å²) in [5, 5.41) is 8.10. The highest BCUT2D eigenvalue weighted by Gasteiger charge is 2.37. The number of hydrogen-bond acceptors (Lipinski definition) is 4. The van der Waals surface area contributed by atoms with Crippen LogP contribution in [0.5, 0.6) is 0 Å². The van der Waals surface area contributed by atoms with Gasteiger partial charge in [0.15, 0.2) is 0 Å². The van der Waals surface area contributed by atoms with Gasteiger partial charge in [0.05, 0.1) is 23.0 Å². The summed E-state index contributed by atoms with van der Waals surface area (Å²) in [5.74, 6) is -0.460. The predicted molar refractivity (Wildman–Crippen MR) is 63.4 cm³/mol. The molecule has 0 N–H and O–H groups in total. The molecule has 2 aromatic rings. The summed E-state index contributed by atoms with van der Waals surface area (Å²) in [6.07, 6.45) is 2.89. The van der Waals surface area contributed by atoms with E-state index in [-0.39, 0.29) is 11.6 Å². The van der Waals surface area contributed by atoms with Crippen LogP contribution in [0.2, 0.25) is 0 Å². The summed E-state index contributed by atoms with van der Waals surface area (Å²) in [4.78, 5) is 24.7. The maximum absolute atomic E-state index is 12.4. The van der Waals surface area contributed by atoms with Gasteiger partial charge in [0.25, 0.3) is 0 Å². The maximum Gasteiger partial charge on any atom is 0.216 e. The molecule has 2 aromatic heterocycles. The summed E-state index contributed by atoms with van der Waals surface area (Å²) < 4.78 is 2.83. The van der Waals surface area contributed by atoms with E-state index < -0.39 is 0 Å². The Balaban J connectivity index is 2.40. The summed E-state index contributed by atoms with van der Waals surface area (Å²) in [7, 11) is 3.28. The van der Waals surface area contributed by atoms with Crippen molar-refractivity contribution >= 4 is 17.6 Å². The molecule has 0 spiro atoms. The number of nitrogens with zero attached hydrogens (tertiary/aromatic N) is 4. The van der Waals surface area contributed by atoms with Gasteiger partial charge in [0.1, 0.15) is 11.4 Å². The maximum atomic E-state index is 12.4. The fraction of sp³-hybridized carbons (Fsp3) is 0.167. The van der Waals surface area contributed by atoms with E-state index in [1.807, 2.05) is 0 Å². The third-order valence-electron chi connectivity index (χ3n) is 3.11. The van der Waals surface area contributed by atoms with Crippen molar-refractivity contribution in [3.05, 3.63) is 41.0 Å². The number of aryl methyl sites for hydroxylation is 2. The molecule has 0 aliphatic heterocycles. The average Bonchev–Trinajstić information content (AvgIpc) is 2.88. The van der Waals surface area contributed by atoms with Crippen molar-refractivity contribution in [2.45, 2.75) is 0 Å². The van der Waals surface area contributed by atoms with Crippen molar-refractivity contribution in [2.75, 3.05) is 0 Å². The minimum absolute atomic E-state index is 0.226. The Hall–Kier alpha value is -2.50. The van der Waals surface area contributed by atoms with Crippen LogP contribution in [0.1, 0.15) is 37.8 Å². The smallest absolute Gasteiger partial charge is 0.216 e. The number of rotatable bonds is 1. The van der Waals surface area contributed by atoms with Gasteiger partial charge in [-0.05, 0) is 6.08 Å². The summed E-state index contributed by atoms with van der Waals surface area (Å²) in [5.41, 5.74) is 1.68. The molecule has 0 atom stereocenters. The Labute approximate surface area is 103 Å². The van der Waals surface area contributed by atoms with Gasteiger partial charge in [-0.15, -0.1) is 0 Å². The molecular formula is C12H10N4O2. The molecule has 6 nitrogen and oxygen atoms in total. The molecule has 0 amide bonds. The van der Waals surface area contributed by atoms with Crippen molar-refractivity contribution in [1.29, 1.82) is 0 Å². The normalized spacial score (nSPS) is 13.4. The topological polar surface area (TPSA) is 69.8 Å². The van der Waals surface area contributed by atoms with Crippen LogP contribution in [-0.4, -0.2) is 31.1 Å². The highest BCUT2D eigenvalue weighted by Crippen LogP contribution is 2.29. The van der Waals surface area contributed by atoms with Crippen LogP contribution in [0.25, 0.3) is 6.08 Å². The summed E-state index contributed by atoms with van der Waals surface area (Å²) >= 11 is 0. The Bertz CT molecular complexity index is 721. The molecule has 0 saturated heterocycles. The molecule has 18 heavy (non-hydrogen) atoms. The molecule has 0 bridgehead atoms. The second-order valence-corrected chi connectivity index (χ2v) is 4.13. The van der Waals surface area contributed by atoms with E-state index in [9.17, 15) is 9.59 Å². The van der Waals surface area contributed by atoms with E-state index in [1.54, 1.807) is 14.1 Å². The zero-order chi connectivity index (χ0) is 13.0. The lowest BCUT2D eigenvalue weighted by molar-refractivity contribution is 0.0969. The van der Waals surface area contributed by atoms with Gasteiger partial charge in [0.2, 0.25) is 11.6 Å². The van der Waals surface area contributed by atoms with E-state index in [2.05, 4.69) is 16.8 Å². The Morgan fingerprint density at radius 3 is 2.56 bits per heavy atom. The highest BCUT2D eigenvalue weighted by molar-refractivity contribution is 6.28. The van der Waals surface area contributed by atoms with Crippen molar-refractivity contribution in [1.82, 2.24) is 19.6 Å². The molecule has 3 rings (SSSR count). The van der Waals surface area contributed by atoms with Gasteiger partial charge in [-0.2, -0.15) is 10.2 Å². The fourth-order valence-electron chi connectivity index (χ4n) is 2.29. The molecule has 1 aliphatic carbocycles. The zero-order valence-electron chi connectivity index (χ0n) is 9.97. The lowest BCUT2D eigenvalue weighted by Crippen LogP contribution is -2.23. The Kier molecular flexibility index (Phi) is 1.92. The molecule has 0 unspecified atom stereocenters. The van der Waals surface area contributed by atoms with Crippen LogP contribution in [0.4, 0.5) is 0 Å². The van der Waals surface area contributed by atoms with Crippen LogP contribution in [0.3, 0.4) is 0 Å². The monoisotopic (exact) mass is 242 g/mol. The standard InChI is InChI=1S/C12H10N4O2/c1-4-7-8-10(16(3)14-7)11(17)6-5-13-15(2)9(6)12(8)18/h4-5H,1H2,2-3H3. The molecule has 0 saturated carbocycles. The lowest BCUT2D eigenvalue weighted by atomic mass is 9.91. The van der Waals surface area contributed by atoms with Gasteiger partial charge in [-0.25, -0.2) is 0 Å². The fourth-order valence-corrected chi connectivity index (χ4v) is 2.29. The molecule has 2 heterocycles. The number of aromatic nitrogens is 4. The molecule has 6 heteroatoms. The van der Waals surface area contributed by atoms with Crippen molar-refractivity contribution in [3.63, 3.8) is 0 Å². The largest absolute Gasteiger partial charge is 0.287 e. The first-order chi connectivity index (χ1) is 8.56. The number of hydrogen-bond donors (Lipinski definition) is 0. The third-order valence-corrected chi connectivity index (χ3v) is 3.11. The van der Waals surface area contributed by atoms with Gasteiger partial charge >= 0.3 is 0 Å². The lowest BCUT2D eigenvalue weighted by Gasteiger charge is -2.12. The van der Waals surface area contributed by atoms with Crippen LogP contribution in [0.15, 0.2) is 12.8 Å². The van der Waals surface area contributed by atoms with Gasteiger partial charge in [0, 0.05) is 14.1 Å². The van der Waals surface area contributed by atoms with E-state index in [0.29, 0.717) is 28.2 Å². The second-order valence-electron chi connectivity index (χ2n) is 4.13. The van der Waals surface area contributed by atoms with Crippen LogP contribution < -0.4 is 0 Å². The van der Waals surface area contributed by atoms with Crippen LogP contribution in [0, 0.1) is 0 Å². The van der Waals surface area contributed by atoms with Gasteiger partial charge < -0.3 is 0 Å². The first-order valence-electron chi connectivity index (χ1n) is 5.37. The summed E-state index contributed by atoms with van der Waals surface area (Å²) in [6.45, 7) is 3.62. The second kappa shape index (κ2) is 3.25. The third kappa shape index (κ3) is 1.07. The van der Waals surface area contributed by atoms with Crippen molar-refractivity contribution in [2.24, 2.45) is 14.1 Å². The molecule has 0 radical (unpaired) electrons. The van der Waals surface area contributed by atoms with E-state index in [1.165, 1.54) is 21.6 Å². The number of carbonyl (C=O) groups excluding carboxylic acids is 2. The molecule has 0 fully saturated rings. The quantitative estimate of drug-likeness (QED) is 0.625. The summed E-state index contributed by atoms with van der Waals surface area (Å²) in [6, 6.07) is 0. The zero-order valence-corrected chi connectivity index (χ0v) is 9.97. The van der Waals surface area contributed by atoms with Crippen LogP contribution >= 0.6 is 0 Å². The molecule has 0 aromatic carbocycles. The number of ketones is 2. The van der Waals surface area contributed by atoms with Gasteiger partial charge in [-0.1, -0.05) is 6.58 Å². The Morgan fingerprint density at radius 2 is 1.89 bits per heavy atom. The minimum Gasteiger partial charge on any atom is -0.287 e.